The fourth-order valence-corrected chi connectivity index (χ4v) is 3.37. The van der Waals surface area contributed by atoms with E-state index < -0.39 is 5.54 Å². The van der Waals surface area contributed by atoms with Gasteiger partial charge in [0.15, 0.2) is 0 Å². The molecule has 3 rings (SSSR count). The van der Waals surface area contributed by atoms with Gasteiger partial charge in [-0.1, -0.05) is 36.4 Å². The molecule has 0 spiro atoms. The van der Waals surface area contributed by atoms with Crippen molar-refractivity contribution in [2.45, 2.75) is 32.2 Å². The molecule has 1 saturated heterocycles. The summed E-state index contributed by atoms with van der Waals surface area (Å²) in [6.07, 6.45) is 1.57. The number of nitrogens with zero attached hydrogens (tertiary/aromatic N) is 1. The van der Waals surface area contributed by atoms with Crippen LogP contribution in [0.5, 0.6) is 5.75 Å². The van der Waals surface area contributed by atoms with Gasteiger partial charge >= 0.3 is 6.03 Å². The Bertz CT molecular complexity index is 819. The first-order chi connectivity index (χ1) is 12.5. The smallest absolute Gasteiger partial charge is 0.325 e. The molecular formula is C21H24N2O3. The molecular weight excluding hydrogens is 328 g/mol. The Balaban J connectivity index is 1.72. The first kappa shape index (κ1) is 18.0. The maximum absolute atomic E-state index is 13.0. The normalized spacial score (nSPS) is 19.6. The highest BCUT2D eigenvalue weighted by molar-refractivity contribution is 6.07. The summed E-state index contributed by atoms with van der Waals surface area (Å²) in [7, 11) is 1.61. The zero-order chi connectivity index (χ0) is 18.7. The number of imide groups is 1. The van der Waals surface area contributed by atoms with E-state index in [9.17, 15) is 9.59 Å². The summed E-state index contributed by atoms with van der Waals surface area (Å²) in [5.41, 5.74) is 1.85. The van der Waals surface area contributed by atoms with Gasteiger partial charge in [0.1, 0.15) is 11.3 Å². The van der Waals surface area contributed by atoms with E-state index in [0.717, 1.165) is 29.7 Å². The minimum absolute atomic E-state index is 0.208. The molecule has 1 fully saturated rings. The quantitative estimate of drug-likeness (QED) is 0.811. The van der Waals surface area contributed by atoms with Crippen molar-refractivity contribution >= 4 is 11.9 Å². The molecule has 0 bridgehead atoms. The lowest BCUT2D eigenvalue weighted by atomic mass is 9.90. The van der Waals surface area contributed by atoms with Crippen LogP contribution in [0.15, 0.2) is 48.5 Å². The van der Waals surface area contributed by atoms with E-state index in [1.807, 2.05) is 43.3 Å². The van der Waals surface area contributed by atoms with E-state index in [2.05, 4.69) is 17.4 Å². The van der Waals surface area contributed by atoms with Gasteiger partial charge in [0.25, 0.3) is 5.91 Å². The maximum atomic E-state index is 13.0. The molecule has 2 aromatic carbocycles. The molecule has 3 amide bonds. The summed E-state index contributed by atoms with van der Waals surface area (Å²) in [5, 5.41) is 2.86. The molecule has 1 heterocycles. The van der Waals surface area contributed by atoms with Crippen LogP contribution in [-0.4, -0.2) is 30.5 Å². The molecule has 0 aromatic heterocycles. The molecule has 0 radical (unpaired) electrons. The van der Waals surface area contributed by atoms with E-state index in [1.165, 1.54) is 10.5 Å². The number of carbonyl (C=O) groups excluding carboxylic acids is 2. The van der Waals surface area contributed by atoms with Crippen LogP contribution in [0.25, 0.3) is 0 Å². The lowest BCUT2D eigenvalue weighted by Crippen LogP contribution is -2.41. The summed E-state index contributed by atoms with van der Waals surface area (Å²) in [5.74, 6) is 0.550. The number of carbonyl (C=O) groups is 2. The number of hydrogen-bond acceptors (Lipinski definition) is 3. The predicted octanol–water partition coefficient (Wildman–Crippen LogP) is 3.40. The largest absolute Gasteiger partial charge is 0.496 e. The average Bonchev–Trinajstić information content (AvgIpc) is 2.86. The van der Waals surface area contributed by atoms with E-state index in [-0.39, 0.29) is 11.9 Å². The van der Waals surface area contributed by atoms with Crippen LogP contribution in [-0.2, 0) is 16.8 Å². The van der Waals surface area contributed by atoms with Crippen molar-refractivity contribution in [1.29, 1.82) is 0 Å². The zero-order valence-corrected chi connectivity index (χ0v) is 15.4. The number of methoxy groups -OCH3 is 1. The van der Waals surface area contributed by atoms with Crippen LogP contribution in [0.2, 0.25) is 0 Å². The number of urea groups is 1. The summed E-state index contributed by atoms with van der Waals surface area (Å²) < 4.78 is 5.28. The van der Waals surface area contributed by atoms with Crippen molar-refractivity contribution in [2.24, 2.45) is 0 Å². The number of rotatable bonds is 6. The third-order valence-corrected chi connectivity index (χ3v) is 4.94. The van der Waals surface area contributed by atoms with Gasteiger partial charge in [0.05, 0.1) is 7.11 Å². The maximum Gasteiger partial charge on any atom is 0.325 e. The van der Waals surface area contributed by atoms with Gasteiger partial charge in [-0.05, 0) is 55.5 Å². The Morgan fingerprint density at radius 1 is 1.12 bits per heavy atom. The van der Waals surface area contributed by atoms with Crippen molar-refractivity contribution in [1.82, 2.24) is 10.2 Å². The van der Waals surface area contributed by atoms with Gasteiger partial charge in [-0.15, -0.1) is 0 Å². The van der Waals surface area contributed by atoms with Crippen molar-refractivity contribution in [3.8, 4) is 5.75 Å². The lowest BCUT2D eigenvalue weighted by Gasteiger charge is -2.23. The third-order valence-electron chi connectivity index (χ3n) is 4.94. The molecule has 0 aliphatic carbocycles. The molecule has 1 aliphatic heterocycles. The molecule has 5 heteroatoms. The third kappa shape index (κ3) is 3.29. The summed E-state index contributed by atoms with van der Waals surface area (Å²) >= 11 is 0. The molecule has 1 unspecified atom stereocenters. The molecule has 136 valence electrons. The Kier molecular flexibility index (Phi) is 4.98. The fourth-order valence-electron chi connectivity index (χ4n) is 3.37. The van der Waals surface area contributed by atoms with E-state index >= 15 is 0 Å². The van der Waals surface area contributed by atoms with Gasteiger partial charge < -0.3 is 10.1 Å². The first-order valence-corrected chi connectivity index (χ1v) is 8.79. The van der Waals surface area contributed by atoms with Gasteiger partial charge in [-0.2, -0.15) is 0 Å². The second-order valence-corrected chi connectivity index (χ2v) is 6.79. The summed E-state index contributed by atoms with van der Waals surface area (Å²) in [4.78, 5) is 26.7. The molecule has 1 N–H and O–H groups in total. The number of benzene rings is 2. The standard InChI is InChI=1S/C21H24N2O3/c1-15-14-17(11-12-18(15)26-3)21(2)19(24)23(20(25)22-21)13-7-10-16-8-5-4-6-9-16/h4-6,8-9,11-12,14H,7,10,13H2,1-3H3,(H,22,25). The molecule has 5 nitrogen and oxygen atoms in total. The number of hydrogen-bond donors (Lipinski definition) is 1. The minimum Gasteiger partial charge on any atom is -0.496 e. The number of ether oxygens (including phenoxy) is 1. The highest BCUT2D eigenvalue weighted by atomic mass is 16.5. The summed E-state index contributed by atoms with van der Waals surface area (Å²) in [6.45, 7) is 4.08. The molecule has 1 atom stereocenters. The molecule has 1 aliphatic rings. The van der Waals surface area contributed by atoms with Crippen LogP contribution < -0.4 is 10.1 Å². The molecule has 0 saturated carbocycles. The van der Waals surface area contributed by atoms with Crippen LogP contribution in [0.1, 0.15) is 30.0 Å². The topological polar surface area (TPSA) is 58.6 Å². The second kappa shape index (κ2) is 7.20. The Labute approximate surface area is 154 Å². The van der Waals surface area contributed by atoms with Crippen LogP contribution >= 0.6 is 0 Å². The van der Waals surface area contributed by atoms with Crippen LogP contribution in [0.3, 0.4) is 0 Å². The second-order valence-electron chi connectivity index (χ2n) is 6.79. The number of amides is 3. The monoisotopic (exact) mass is 352 g/mol. The Morgan fingerprint density at radius 3 is 2.50 bits per heavy atom. The van der Waals surface area contributed by atoms with Gasteiger partial charge in [-0.25, -0.2) is 4.79 Å². The van der Waals surface area contributed by atoms with Gasteiger partial charge in [0.2, 0.25) is 0 Å². The lowest BCUT2D eigenvalue weighted by molar-refractivity contribution is -0.131. The van der Waals surface area contributed by atoms with Crippen molar-refractivity contribution in [2.75, 3.05) is 13.7 Å². The average molecular weight is 352 g/mol. The number of aryl methyl sites for hydroxylation is 2. The minimum atomic E-state index is -1.04. The zero-order valence-electron chi connectivity index (χ0n) is 15.4. The van der Waals surface area contributed by atoms with Crippen molar-refractivity contribution < 1.29 is 14.3 Å². The Morgan fingerprint density at radius 2 is 1.85 bits per heavy atom. The van der Waals surface area contributed by atoms with E-state index in [4.69, 9.17) is 4.74 Å². The van der Waals surface area contributed by atoms with Gasteiger partial charge in [-0.3, -0.25) is 9.69 Å². The molecule has 2 aromatic rings. The van der Waals surface area contributed by atoms with Crippen LogP contribution in [0.4, 0.5) is 4.79 Å². The predicted molar refractivity (Wildman–Crippen MR) is 100 cm³/mol. The summed E-state index contributed by atoms with van der Waals surface area (Å²) in [6, 6.07) is 15.3. The highest BCUT2D eigenvalue weighted by Gasteiger charge is 2.48. The fraction of sp³-hybridized carbons (Fsp3) is 0.333. The SMILES string of the molecule is COc1ccc(C2(C)NC(=O)N(CCCc3ccccc3)C2=O)cc1C. The van der Waals surface area contributed by atoms with Gasteiger partial charge in [0, 0.05) is 6.54 Å². The van der Waals surface area contributed by atoms with E-state index in [0.29, 0.717) is 6.54 Å². The first-order valence-electron chi connectivity index (χ1n) is 8.79. The highest BCUT2D eigenvalue weighted by Crippen LogP contribution is 2.31. The van der Waals surface area contributed by atoms with Crippen LogP contribution in [0, 0.1) is 6.92 Å². The van der Waals surface area contributed by atoms with E-state index in [1.54, 1.807) is 14.0 Å². The van der Waals surface area contributed by atoms with Crippen molar-refractivity contribution in [3.05, 3.63) is 65.2 Å². The Hall–Kier alpha value is -2.82. The molecule has 26 heavy (non-hydrogen) atoms. The van der Waals surface area contributed by atoms with Crippen molar-refractivity contribution in [3.63, 3.8) is 0 Å². The number of nitrogens with one attached hydrogen (secondary N) is 1.